The van der Waals surface area contributed by atoms with E-state index < -0.39 is 18.1 Å². The fraction of sp³-hybridized carbons (Fsp3) is 0.607. The summed E-state index contributed by atoms with van der Waals surface area (Å²) in [6.07, 6.45) is 6.36. The SMILES string of the molecule is C[C@H](NC(C)(C)C)C(=O)N[C@H](C(=O)N1CCCC1C(=O)Nc1snnc1-c1ccccc1)C1CCCCC1. The zero-order valence-electron chi connectivity index (χ0n) is 22.8. The van der Waals surface area contributed by atoms with Crippen LogP contribution in [-0.2, 0) is 14.4 Å². The van der Waals surface area contributed by atoms with Gasteiger partial charge in [-0.2, -0.15) is 0 Å². The van der Waals surface area contributed by atoms with Gasteiger partial charge in [-0.15, -0.1) is 5.10 Å². The normalized spacial score (nSPS) is 20.1. The van der Waals surface area contributed by atoms with Crippen LogP contribution in [-0.4, -0.2) is 62.4 Å². The first-order valence-electron chi connectivity index (χ1n) is 13.7. The Morgan fingerprint density at radius 2 is 1.74 bits per heavy atom. The van der Waals surface area contributed by atoms with Crippen molar-refractivity contribution in [1.29, 1.82) is 0 Å². The molecule has 0 spiro atoms. The Hall–Kier alpha value is -2.85. The summed E-state index contributed by atoms with van der Waals surface area (Å²) in [4.78, 5) is 42.3. The predicted octanol–water partition coefficient (Wildman–Crippen LogP) is 3.98. The Balaban J connectivity index is 1.49. The third-order valence-corrected chi connectivity index (χ3v) is 7.98. The molecular formula is C28H40N6O3S. The Morgan fingerprint density at radius 1 is 1.03 bits per heavy atom. The number of hydrogen-bond donors (Lipinski definition) is 3. The van der Waals surface area contributed by atoms with Gasteiger partial charge >= 0.3 is 0 Å². The lowest BCUT2D eigenvalue weighted by Gasteiger charge is -2.35. The topological polar surface area (TPSA) is 116 Å². The minimum Gasteiger partial charge on any atom is -0.343 e. The quantitative estimate of drug-likeness (QED) is 0.467. The monoisotopic (exact) mass is 540 g/mol. The van der Waals surface area contributed by atoms with Crippen molar-refractivity contribution in [2.45, 2.75) is 96.3 Å². The van der Waals surface area contributed by atoms with Crippen molar-refractivity contribution in [3.63, 3.8) is 0 Å². The largest absolute Gasteiger partial charge is 0.343 e. The Bertz CT molecular complexity index is 1110. The number of hydrogen-bond acceptors (Lipinski definition) is 7. The van der Waals surface area contributed by atoms with E-state index in [1.807, 2.05) is 58.0 Å². The van der Waals surface area contributed by atoms with Gasteiger partial charge in [0.15, 0.2) is 0 Å². The van der Waals surface area contributed by atoms with Gasteiger partial charge in [-0.05, 0) is 59.3 Å². The molecule has 1 saturated heterocycles. The van der Waals surface area contributed by atoms with Crippen LogP contribution in [0.3, 0.4) is 0 Å². The van der Waals surface area contributed by atoms with Gasteiger partial charge in [0.05, 0.1) is 6.04 Å². The maximum absolute atomic E-state index is 14.0. The number of benzene rings is 1. The van der Waals surface area contributed by atoms with Crippen LogP contribution >= 0.6 is 11.5 Å². The van der Waals surface area contributed by atoms with Crippen LogP contribution in [0.5, 0.6) is 0 Å². The lowest BCUT2D eigenvalue weighted by Crippen LogP contribution is -2.59. The maximum atomic E-state index is 14.0. The summed E-state index contributed by atoms with van der Waals surface area (Å²) in [7, 11) is 0. The van der Waals surface area contributed by atoms with Crippen LogP contribution in [0.25, 0.3) is 11.3 Å². The molecule has 3 amide bonds. The number of nitrogens with zero attached hydrogens (tertiary/aromatic N) is 3. The molecule has 2 aliphatic rings. The summed E-state index contributed by atoms with van der Waals surface area (Å²) in [6.45, 7) is 8.35. The molecule has 1 aliphatic carbocycles. The molecule has 1 aliphatic heterocycles. The summed E-state index contributed by atoms with van der Waals surface area (Å²) >= 11 is 1.13. The Labute approximate surface area is 229 Å². The van der Waals surface area contributed by atoms with Gasteiger partial charge in [0.25, 0.3) is 0 Å². The molecule has 3 atom stereocenters. The van der Waals surface area contributed by atoms with E-state index in [1.54, 1.807) is 4.90 Å². The van der Waals surface area contributed by atoms with Gasteiger partial charge < -0.3 is 20.9 Å². The smallest absolute Gasteiger partial charge is 0.247 e. The first-order chi connectivity index (χ1) is 18.1. The second kappa shape index (κ2) is 12.3. The fourth-order valence-corrected chi connectivity index (χ4v) is 6.17. The number of carbonyl (C=O) groups excluding carboxylic acids is 3. The van der Waals surface area contributed by atoms with Crippen LogP contribution in [0.4, 0.5) is 5.00 Å². The molecule has 1 aromatic carbocycles. The molecule has 3 N–H and O–H groups in total. The van der Waals surface area contributed by atoms with E-state index in [0.29, 0.717) is 23.7 Å². The molecule has 0 radical (unpaired) electrons. The van der Waals surface area contributed by atoms with Gasteiger partial charge in [-0.3, -0.25) is 14.4 Å². The molecule has 1 unspecified atom stereocenters. The molecule has 0 bridgehead atoms. The van der Waals surface area contributed by atoms with Crippen molar-refractivity contribution >= 4 is 34.3 Å². The zero-order valence-corrected chi connectivity index (χ0v) is 23.6. The molecule has 1 aromatic heterocycles. The third-order valence-electron chi connectivity index (χ3n) is 7.34. The first-order valence-corrected chi connectivity index (χ1v) is 14.5. The molecule has 9 nitrogen and oxygen atoms in total. The third kappa shape index (κ3) is 6.96. The molecule has 1 saturated carbocycles. The van der Waals surface area contributed by atoms with Crippen LogP contribution in [0.1, 0.15) is 72.6 Å². The highest BCUT2D eigenvalue weighted by Crippen LogP contribution is 2.32. The summed E-state index contributed by atoms with van der Waals surface area (Å²) in [5.74, 6) is -0.513. The lowest BCUT2D eigenvalue weighted by molar-refractivity contribution is -0.142. The van der Waals surface area contributed by atoms with Crippen LogP contribution in [0.2, 0.25) is 0 Å². The minimum absolute atomic E-state index is 0.0710. The summed E-state index contributed by atoms with van der Waals surface area (Å²) in [5.41, 5.74) is 1.25. The highest BCUT2D eigenvalue weighted by Gasteiger charge is 2.41. The van der Waals surface area contributed by atoms with Gasteiger partial charge in [0.1, 0.15) is 22.8 Å². The van der Waals surface area contributed by atoms with Gasteiger partial charge in [-0.1, -0.05) is 54.1 Å². The number of nitrogens with one attached hydrogen (secondary N) is 3. The average molecular weight is 541 g/mol. The van der Waals surface area contributed by atoms with Crippen molar-refractivity contribution in [2.75, 3.05) is 11.9 Å². The minimum atomic E-state index is -0.634. The van der Waals surface area contributed by atoms with E-state index in [9.17, 15) is 14.4 Å². The van der Waals surface area contributed by atoms with Crippen molar-refractivity contribution in [2.24, 2.45) is 5.92 Å². The summed E-state index contributed by atoms with van der Waals surface area (Å²) in [6, 6.07) is 7.92. The molecule has 4 rings (SSSR count). The molecule has 38 heavy (non-hydrogen) atoms. The fourth-order valence-electron chi connectivity index (χ4n) is 5.58. The molecule has 2 aromatic rings. The molecule has 2 heterocycles. The van der Waals surface area contributed by atoms with Crippen molar-refractivity contribution in [1.82, 2.24) is 25.1 Å². The van der Waals surface area contributed by atoms with Crippen molar-refractivity contribution in [3.05, 3.63) is 30.3 Å². The number of carbonyl (C=O) groups is 3. The Morgan fingerprint density at radius 3 is 2.42 bits per heavy atom. The lowest BCUT2D eigenvalue weighted by atomic mass is 9.83. The second-order valence-corrected chi connectivity index (χ2v) is 12.3. The van der Waals surface area contributed by atoms with Gasteiger partial charge in [0, 0.05) is 29.2 Å². The van der Waals surface area contributed by atoms with E-state index in [1.165, 1.54) is 0 Å². The van der Waals surface area contributed by atoms with Crippen LogP contribution in [0.15, 0.2) is 30.3 Å². The molecule has 10 heteroatoms. The highest BCUT2D eigenvalue weighted by atomic mass is 32.1. The molecule has 206 valence electrons. The number of anilines is 1. The van der Waals surface area contributed by atoms with Crippen molar-refractivity contribution in [3.8, 4) is 11.3 Å². The van der Waals surface area contributed by atoms with E-state index in [0.717, 1.165) is 55.6 Å². The van der Waals surface area contributed by atoms with Crippen LogP contribution < -0.4 is 16.0 Å². The Kier molecular flexibility index (Phi) is 9.15. The first kappa shape index (κ1) is 28.2. The molecular weight excluding hydrogens is 500 g/mol. The van der Waals surface area contributed by atoms with Gasteiger partial charge in [0.2, 0.25) is 17.7 Å². The summed E-state index contributed by atoms with van der Waals surface area (Å²) < 4.78 is 4.04. The van der Waals surface area contributed by atoms with E-state index in [4.69, 9.17) is 0 Å². The number of aromatic nitrogens is 2. The van der Waals surface area contributed by atoms with Crippen molar-refractivity contribution < 1.29 is 14.4 Å². The standard InChI is InChI=1S/C28H40N6O3S/c1-18(31-28(2,3)4)24(35)29-23(20-14-9-6-10-15-20)27(37)34-17-11-16-21(34)25(36)30-26-22(32-33-38-26)19-12-7-5-8-13-19/h5,7-8,12-13,18,20-21,23,31H,6,9-11,14-17H2,1-4H3,(H,29,35)(H,30,36)/t18-,21?,23-/m0/s1. The molecule has 2 fully saturated rings. The maximum Gasteiger partial charge on any atom is 0.247 e. The number of likely N-dealkylation sites (tertiary alicyclic amines) is 1. The van der Waals surface area contributed by atoms with Gasteiger partial charge in [-0.25, -0.2) is 0 Å². The van der Waals surface area contributed by atoms with E-state index in [2.05, 4.69) is 25.5 Å². The predicted molar refractivity (Wildman–Crippen MR) is 150 cm³/mol. The number of rotatable bonds is 8. The van der Waals surface area contributed by atoms with Crippen LogP contribution in [0, 0.1) is 5.92 Å². The highest BCUT2D eigenvalue weighted by molar-refractivity contribution is 7.10. The summed E-state index contributed by atoms with van der Waals surface area (Å²) in [5, 5.41) is 14.1. The van der Waals surface area contributed by atoms with E-state index in [-0.39, 0.29) is 29.2 Å². The average Bonchev–Trinajstić information content (AvgIpc) is 3.57. The number of amides is 3. The second-order valence-electron chi connectivity index (χ2n) is 11.5. The zero-order chi connectivity index (χ0) is 27.3. The van der Waals surface area contributed by atoms with E-state index >= 15 is 0 Å².